The molecular weight excluding hydrogens is 284 g/mol. The molecule has 1 N–H and O–H groups in total. The van der Waals surface area contributed by atoms with Crippen LogP contribution in [0.1, 0.15) is 35.7 Å². The Morgan fingerprint density at radius 1 is 1.33 bits per heavy atom. The minimum atomic E-state index is 0.252. The molecular formula is C17H19ClN2O. The second kappa shape index (κ2) is 6.46. The van der Waals surface area contributed by atoms with Gasteiger partial charge in [0, 0.05) is 24.3 Å². The van der Waals surface area contributed by atoms with Crippen LogP contribution in [0.5, 0.6) is 5.75 Å². The molecule has 110 valence electrons. The Hall–Kier alpha value is -1.58. The van der Waals surface area contributed by atoms with Gasteiger partial charge >= 0.3 is 0 Å². The highest BCUT2D eigenvalue weighted by Crippen LogP contribution is 2.36. The van der Waals surface area contributed by atoms with Crippen LogP contribution >= 0.6 is 11.6 Å². The van der Waals surface area contributed by atoms with Crippen molar-refractivity contribution >= 4 is 11.6 Å². The maximum Gasteiger partial charge on any atom is 0.142 e. The van der Waals surface area contributed by atoms with Crippen molar-refractivity contribution in [3.8, 4) is 5.75 Å². The van der Waals surface area contributed by atoms with E-state index in [0.29, 0.717) is 5.02 Å². The van der Waals surface area contributed by atoms with E-state index in [1.165, 1.54) is 5.56 Å². The normalized spacial score (nSPS) is 17.7. The fraction of sp³-hybridized carbons (Fsp3) is 0.353. The summed E-state index contributed by atoms with van der Waals surface area (Å²) in [5.74, 6) is 0.826. The first-order chi connectivity index (χ1) is 10.3. The monoisotopic (exact) mass is 302 g/mol. The number of nitrogens with one attached hydrogen (secondary N) is 1. The number of aryl methyl sites for hydroxylation is 1. The molecule has 0 aliphatic carbocycles. The number of pyridine rings is 1. The number of benzene rings is 1. The Kier molecular flexibility index (Phi) is 4.42. The van der Waals surface area contributed by atoms with Crippen LogP contribution in [-0.2, 0) is 6.54 Å². The molecule has 1 aromatic carbocycles. The minimum Gasteiger partial charge on any atom is -0.492 e. The summed E-state index contributed by atoms with van der Waals surface area (Å²) in [6.45, 7) is 3.56. The Balaban J connectivity index is 1.80. The molecule has 1 atom stereocenters. The van der Waals surface area contributed by atoms with Crippen molar-refractivity contribution in [3.05, 3.63) is 58.4 Å². The number of hydrogen-bond acceptors (Lipinski definition) is 3. The van der Waals surface area contributed by atoms with Crippen molar-refractivity contribution < 1.29 is 4.74 Å². The third kappa shape index (κ3) is 3.20. The van der Waals surface area contributed by atoms with E-state index in [2.05, 4.69) is 29.4 Å². The zero-order valence-corrected chi connectivity index (χ0v) is 12.9. The van der Waals surface area contributed by atoms with E-state index in [0.717, 1.165) is 43.0 Å². The van der Waals surface area contributed by atoms with Crippen LogP contribution in [0.15, 0.2) is 36.5 Å². The van der Waals surface area contributed by atoms with Crippen LogP contribution in [0.2, 0.25) is 5.02 Å². The largest absolute Gasteiger partial charge is 0.492 e. The third-order valence-corrected chi connectivity index (χ3v) is 4.19. The van der Waals surface area contributed by atoms with Gasteiger partial charge in [0.1, 0.15) is 5.75 Å². The lowest BCUT2D eigenvalue weighted by molar-refractivity contribution is 0.315. The molecule has 1 unspecified atom stereocenters. The number of fused-ring (bicyclic) bond motifs is 1. The topological polar surface area (TPSA) is 34.2 Å². The van der Waals surface area contributed by atoms with Crippen molar-refractivity contribution in [1.82, 2.24) is 10.3 Å². The van der Waals surface area contributed by atoms with Crippen LogP contribution in [0, 0.1) is 6.92 Å². The molecule has 1 aliphatic heterocycles. The van der Waals surface area contributed by atoms with E-state index in [4.69, 9.17) is 16.3 Å². The van der Waals surface area contributed by atoms with E-state index < -0.39 is 0 Å². The molecule has 3 rings (SSSR count). The second-order valence-corrected chi connectivity index (χ2v) is 5.76. The molecule has 0 spiro atoms. The van der Waals surface area contributed by atoms with Gasteiger partial charge in [0.25, 0.3) is 0 Å². The summed E-state index contributed by atoms with van der Waals surface area (Å²) in [4.78, 5) is 4.44. The Labute approximate surface area is 130 Å². The Morgan fingerprint density at radius 3 is 3.10 bits per heavy atom. The first-order valence-electron chi connectivity index (χ1n) is 7.31. The quantitative estimate of drug-likeness (QED) is 0.929. The molecule has 0 saturated carbocycles. The standard InChI is InChI=1S/C17H19ClN2O/c1-12-5-3-9-19-16(12)11-20-15-8-4-10-21-17-13(15)6-2-7-14(17)18/h2-3,5-7,9,15,20H,4,8,10-11H2,1H3. The summed E-state index contributed by atoms with van der Waals surface area (Å²) in [5, 5.41) is 4.29. The van der Waals surface area contributed by atoms with Crippen LogP contribution in [0.3, 0.4) is 0 Å². The molecule has 0 amide bonds. The van der Waals surface area contributed by atoms with Gasteiger partial charge < -0.3 is 10.1 Å². The molecule has 0 fully saturated rings. The molecule has 1 aromatic heterocycles. The van der Waals surface area contributed by atoms with Crippen LogP contribution < -0.4 is 10.1 Å². The molecule has 2 heterocycles. The predicted octanol–water partition coefficient (Wildman–Crippen LogP) is 4.05. The Bertz CT molecular complexity index is 630. The first kappa shape index (κ1) is 14.4. The average Bonchev–Trinajstić information content (AvgIpc) is 2.70. The highest BCUT2D eigenvalue weighted by atomic mass is 35.5. The molecule has 1 aliphatic rings. The minimum absolute atomic E-state index is 0.252. The lowest BCUT2D eigenvalue weighted by Crippen LogP contribution is -2.21. The average molecular weight is 303 g/mol. The molecule has 0 radical (unpaired) electrons. The van der Waals surface area contributed by atoms with Gasteiger partial charge in [-0.15, -0.1) is 0 Å². The fourth-order valence-corrected chi connectivity index (χ4v) is 2.94. The van der Waals surface area contributed by atoms with Gasteiger partial charge in [0.05, 0.1) is 17.3 Å². The molecule has 2 aromatic rings. The van der Waals surface area contributed by atoms with Gasteiger partial charge in [0.15, 0.2) is 0 Å². The smallest absolute Gasteiger partial charge is 0.142 e. The summed E-state index contributed by atoms with van der Waals surface area (Å²) in [6, 6.07) is 10.3. The van der Waals surface area contributed by atoms with E-state index in [1.807, 2.05) is 24.4 Å². The van der Waals surface area contributed by atoms with Gasteiger partial charge in [-0.1, -0.05) is 29.8 Å². The van der Waals surface area contributed by atoms with Gasteiger partial charge in [-0.2, -0.15) is 0 Å². The van der Waals surface area contributed by atoms with Crippen LogP contribution in [-0.4, -0.2) is 11.6 Å². The highest BCUT2D eigenvalue weighted by molar-refractivity contribution is 6.32. The summed E-state index contributed by atoms with van der Waals surface area (Å²) >= 11 is 6.26. The SMILES string of the molecule is Cc1cccnc1CNC1CCCOc2c(Cl)cccc21. The van der Waals surface area contributed by atoms with E-state index >= 15 is 0 Å². The zero-order chi connectivity index (χ0) is 14.7. The zero-order valence-electron chi connectivity index (χ0n) is 12.1. The first-order valence-corrected chi connectivity index (χ1v) is 7.68. The van der Waals surface area contributed by atoms with Gasteiger partial charge in [0.2, 0.25) is 0 Å². The maximum atomic E-state index is 6.26. The van der Waals surface area contributed by atoms with Crippen molar-refractivity contribution in [2.45, 2.75) is 32.4 Å². The van der Waals surface area contributed by atoms with Crippen LogP contribution in [0.25, 0.3) is 0 Å². The molecule has 21 heavy (non-hydrogen) atoms. The number of halogens is 1. The fourth-order valence-electron chi connectivity index (χ4n) is 2.70. The molecule has 0 saturated heterocycles. The van der Waals surface area contributed by atoms with E-state index in [1.54, 1.807) is 0 Å². The summed E-state index contributed by atoms with van der Waals surface area (Å²) in [6.07, 6.45) is 3.90. The van der Waals surface area contributed by atoms with Gasteiger partial charge in [-0.05, 0) is 37.5 Å². The Morgan fingerprint density at radius 2 is 2.24 bits per heavy atom. The molecule has 4 heteroatoms. The number of ether oxygens (including phenoxy) is 1. The number of rotatable bonds is 3. The molecule has 3 nitrogen and oxygen atoms in total. The maximum absolute atomic E-state index is 6.26. The van der Waals surface area contributed by atoms with E-state index in [-0.39, 0.29) is 6.04 Å². The van der Waals surface area contributed by atoms with Crippen molar-refractivity contribution in [2.75, 3.05) is 6.61 Å². The van der Waals surface area contributed by atoms with Crippen LogP contribution in [0.4, 0.5) is 0 Å². The van der Waals surface area contributed by atoms with Gasteiger partial charge in [-0.25, -0.2) is 0 Å². The second-order valence-electron chi connectivity index (χ2n) is 5.35. The number of para-hydroxylation sites is 1. The number of nitrogens with zero attached hydrogens (tertiary/aromatic N) is 1. The predicted molar refractivity (Wildman–Crippen MR) is 84.7 cm³/mol. The summed E-state index contributed by atoms with van der Waals surface area (Å²) < 4.78 is 5.80. The summed E-state index contributed by atoms with van der Waals surface area (Å²) in [5.41, 5.74) is 3.45. The van der Waals surface area contributed by atoms with Crippen molar-refractivity contribution in [1.29, 1.82) is 0 Å². The van der Waals surface area contributed by atoms with Crippen molar-refractivity contribution in [2.24, 2.45) is 0 Å². The number of hydrogen-bond donors (Lipinski definition) is 1. The lowest BCUT2D eigenvalue weighted by Gasteiger charge is -2.19. The summed E-state index contributed by atoms with van der Waals surface area (Å²) in [7, 11) is 0. The lowest BCUT2D eigenvalue weighted by atomic mass is 10.0. The van der Waals surface area contributed by atoms with E-state index in [9.17, 15) is 0 Å². The third-order valence-electron chi connectivity index (χ3n) is 3.89. The van der Waals surface area contributed by atoms with Crippen molar-refractivity contribution in [3.63, 3.8) is 0 Å². The number of aromatic nitrogens is 1. The highest BCUT2D eigenvalue weighted by Gasteiger charge is 2.21. The molecule has 0 bridgehead atoms. The van der Waals surface area contributed by atoms with Gasteiger partial charge in [-0.3, -0.25) is 4.98 Å².